The highest BCUT2D eigenvalue weighted by atomic mass is 16.7. The van der Waals surface area contributed by atoms with E-state index in [1.807, 2.05) is 12.1 Å². The van der Waals surface area contributed by atoms with Gasteiger partial charge in [-0.3, -0.25) is 0 Å². The van der Waals surface area contributed by atoms with Gasteiger partial charge in [0.2, 0.25) is 6.79 Å². The van der Waals surface area contributed by atoms with E-state index >= 15 is 0 Å². The van der Waals surface area contributed by atoms with Crippen LogP contribution >= 0.6 is 0 Å². The van der Waals surface area contributed by atoms with Gasteiger partial charge in [-0.2, -0.15) is 0 Å². The Kier molecular flexibility index (Phi) is 3.07. The zero-order valence-corrected chi connectivity index (χ0v) is 14.2. The van der Waals surface area contributed by atoms with Gasteiger partial charge < -0.3 is 18.9 Å². The molecule has 1 heterocycles. The minimum Gasteiger partial charge on any atom is -0.493 e. The lowest BCUT2D eigenvalue weighted by Gasteiger charge is -2.21. The van der Waals surface area contributed by atoms with Crippen molar-refractivity contribution in [3.8, 4) is 34.1 Å². The van der Waals surface area contributed by atoms with Crippen LogP contribution in [0.4, 0.5) is 0 Å². The Hall–Kier alpha value is -2.88. The largest absolute Gasteiger partial charge is 0.493 e. The van der Waals surface area contributed by atoms with Crippen LogP contribution in [0.3, 0.4) is 0 Å². The summed E-state index contributed by atoms with van der Waals surface area (Å²) in [6, 6.07) is 12.8. The number of fused-ring (bicyclic) bond motifs is 5. The van der Waals surface area contributed by atoms with Crippen molar-refractivity contribution < 1.29 is 18.9 Å². The van der Waals surface area contributed by atoms with Crippen molar-refractivity contribution in [2.24, 2.45) is 0 Å². The molecule has 1 aliphatic carbocycles. The third-order valence-electron chi connectivity index (χ3n) is 5.12. The molecule has 5 rings (SSSR count). The van der Waals surface area contributed by atoms with E-state index in [0.717, 1.165) is 41.2 Å². The predicted molar refractivity (Wildman–Crippen MR) is 96.0 cm³/mol. The van der Waals surface area contributed by atoms with E-state index in [-0.39, 0.29) is 0 Å². The second-order valence-electron chi connectivity index (χ2n) is 6.43. The van der Waals surface area contributed by atoms with Crippen molar-refractivity contribution in [1.82, 2.24) is 0 Å². The maximum atomic E-state index is 5.58. The van der Waals surface area contributed by atoms with Crippen molar-refractivity contribution in [3.63, 3.8) is 0 Å². The molecule has 1 aliphatic heterocycles. The molecule has 3 aromatic rings. The van der Waals surface area contributed by atoms with E-state index in [1.54, 1.807) is 14.2 Å². The van der Waals surface area contributed by atoms with E-state index in [4.69, 9.17) is 18.9 Å². The molecule has 0 amide bonds. The van der Waals surface area contributed by atoms with Gasteiger partial charge in [0.1, 0.15) is 0 Å². The van der Waals surface area contributed by atoms with Gasteiger partial charge in [0.15, 0.2) is 23.0 Å². The highest BCUT2D eigenvalue weighted by Gasteiger charge is 2.23. The fourth-order valence-corrected chi connectivity index (χ4v) is 3.84. The van der Waals surface area contributed by atoms with E-state index in [9.17, 15) is 0 Å². The van der Waals surface area contributed by atoms with Crippen LogP contribution in [-0.2, 0) is 12.8 Å². The van der Waals surface area contributed by atoms with Crippen LogP contribution in [-0.4, -0.2) is 21.0 Å². The van der Waals surface area contributed by atoms with Crippen LogP contribution in [0.15, 0.2) is 36.4 Å². The summed E-state index contributed by atoms with van der Waals surface area (Å²) >= 11 is 0. The van der Waals surface area contributed by atoms with Crippen molar-refractivity contribution in [3.05, 3.63) is 47.5 Å². The number of hydrogen-bond acceptors (Lipinski definition) is 4. The standard InChI is InChI=1S/C21H18O4/c1-22-18-8-14-5-12-3-4-13-7-20-21(25-11-24-20)10-17(13)16(12)6-15(14)9-19(18)23-2/h5-10H,3-4,11H2,1-2H3. The summed E-state index contributed by atoms with van der Waals surface area (Å²) in [6.45, 7) is 0.305. The van der Waals surface area contributed by atoms with Gasteiger partial charge >= 0.3 is 0 Å². The molecule has 3 aromatic carbocycles. The van der Waals surface area contributed by atoms with Crippen LogP contribution in [0.25, 0.3) is 21.9 Å². The molecular weight excluding hydrogens is 316 g/mol. The van der Waals surface area contributed by atoms with Crippen LogP contribution in [0.5, 0.6) is 23.0 Å². The van der Waals surface area contributed by atoms with E-state index < -0.39 is 0 Å². The van der Waals surface area contributed by atoms with Crippen molar-refractivity contribution >= 4 is 10.8 Å². The molecule has 0 fully saturated rings. The van der Waals surface area contributed by atoms with Gasteiger partial charge in [-0.1, -0.05) is 6.07 Å². The minimum absolute atomic E-state index is 0.305. The molecule has 0 bridgehead atoms. The van der Waals surface area contributed by atoms with Crippen molar-refractivity contribution in [2.75, 3.05) is 21.0 Å². The summed E-state index contributed by atoms with van der Waals surface area (Å²) < 4.78 is 22.0. The zero-order chi connectivity index (χ0) is 17.0. The molecule has 126 valence electrons. The van der Waals surface area contributed by atoms with Gasteiger partial charge in [0, 0.05) is 0 Å². The molecule has 0 N–H and O–H groups in total. The normalized spacial score (nSPS) is 14.2. The molecule has 0 unspecified atom stereocenters. The number of rotatable bonds is 2. The molecule has 0 aromatic heterocycles. The maximum Gasteiger partial charge on any atom is 0.231 e. The smallest absolute Gasteiger partial charge is 0.231 e. The summed E-state index contributed by atoms with van der Waals surface area (Å²) in [5.41, 5.74) is 5.17. The first kappa shape index (κ1) is 14.5. The molecule has 0 saturated carbocycles. The third kappa shape index (κ3) is 2.14. The van der Waals surface area contributed by atoms with Crippen LogP contribution in [0, 0.1) is 0 Å². The molecular formula is C21H18O4. The van der Waals surface area contributed by atoms with Crippen molar-refractivity contribution in [2.45, 2.75) is 12.8 Å². The Morgan fingerprint density at radius 1 is 0.680 bits per heavy atom. The first-order valence-corrected chi connectivity index (χ1v) is 8.38. The van der Waals surface area contributed by atoms with Gasteiger partial charge in [-0.25, -0.2) is 0 Å². The lowest BCUT2D eigenvalue weighted by molar-refractivity contribution is 0.174. The molecule has 2 aliphatic rings. The number of benzene rings is 3. The highest BCUT2D eigenvalue weighted by Crippen LogP contribution is 2.44. The quantitative estimate of drug-likeness (QED) is 0.698. The fourth-order valence-electron chi connectivity index (χ4n) is 3.84. The van der Waals surface area contributed by atoms with E-state index in [1.165, 1.54) is 27.6 Å². The van der Waals surface area contributed by atoms with E-state index in [0.29, 0.717) is 6.79 Å². The predicted octanol–water partition coefficient (Wildman–Crippen LogP) is 4.35. The molecule has 4 heteroatoms. The number of hydrogen-bond donors (Lipinski definition) is 0. The highest BCUT2D eigenvalue weighted by molar-refractivity contribution is 5.93. The van der Waals surface area contributed by atoms with Gasteiger partial charge in [0.05, 0.1) is 14.2 Å². The SMILES string of the molecule is COc1cc2cc3c(cc2cc1OC)-c1cc2c(cc1CC3)OCO2. The molecule has 4 nitrogen and oxygen atoms in total. The molecule has 25 heavy (non-hydrogen) atoms. The van der Waals surface area contributed by atoms with Crippen LogP contribution in [0.2, 0.25) is 0 Å². The summed E-state index contributed by atoms with van der Waals surface area (Å²) in [5, 5.41) is 2.31. The Bertz CT molecular complexity index is 1010. The Labute approximate surface area is 145 Å². The van der Waals surface area contributed by atoms with Crippen LogP contribution in [0.1, 0.15) is 11.1 Å². The second-order valence-corrected chi connectivity index (χ2v) is 6.43. The lowest BCUT2D eigenvalue weighted by atomic mass is 9.84. The van der Waals surface area contributed by atoms with Crippen LogP contribution < -0.4 is 18.9 Å². The Balaban J connectivity index is 1.73. The molecule has 0 spiro atoms. The summed E-state index contributed by atoms with van der Waals surface area (Å²) in [7, 11) is 3.33. The van der Waals surface area contributed by atoms with Crippen molar-refractivity contribution in [1.29, 1.82) is 0 Å². The first-order valence-electron chi connectivity index (χ1n) is 8.38. The fraction of sp³-hybridized carbons (Fsp3) is 0.238. The monoisotopic (exact) mass is 334 g/mol. The Morgan fingerprint density at radius 3 is 1.92 bits per heavy atom. The number of ether oxygens (including phenoxy) is 4. The summed E-state index contributed by atoms with van der Waals surface area (Å²) in [5.74, 6) is 3.19. The number of methoxy groups -OCH3 is 2. The minimum atomic E-state index is 0.305. The average molecular weight is 334 g/mol. The molecule has 0 atom stereocenters. The van der Waals surface area contributed by atoms with Gasteiger partial charge in [-0.05, 0) is 76.2 Å². The lowest BCUT2D eigenvalue weighted by Crippen LogP contribution is -2.04. The summed E-state index contributed by atoms with van der Waals surface area (Å²) in [4.78, 5) is 0. The second kappa shape index (κ2) is 5.31. The maximum absolute atomic E-state index is 5.58. The number of aryl methyl sites for hydroxylation is 2. The average Bonchev–Trinajstić information content (AvgIpc) is 3.11. The van der Waals surface area contributed by atoms with E-state index in [2.05, 4.69) is 24.3 Å². The summed E-state index contributed by atoms with van der Waals surface area (Å²) in [6.07, 6.45) is 2.03. The molecule has 0 radical (unpaired) electrons. The molecule has 0 saturated heterocycles. The third-order valence-corrected chi connectivity index (χ3v) is 5.12. The van der Waals surface area contributed by atoms with Gasteiger partial charge in [0.25, 0.3) is 0 Å². The van der Waals surface area contributed by atoms with Gasteiger partial charge in [-0.15, -0.1) is 0 Å². The Morgan fingerprint density at radius 2 is 1.24 bits per heavy atom. The first-order chi connectivity index (χ1) is 12.3. The topological polar surface area (TPSA) is 36.9 Å². The zero-order valence-electron chi connectivity index (χ0n) is 14.2.